The van der Waals surface area contributed by atoms with E-state index in [1.54, 1.807) is 12.1 Å². The van der Waals surface area contributed by atoms with Crippen LogP contribution in [0.5, 0.6) is 0 Å². The Kier molecular flexibility index (Phi) is 5.44. The highest BCUT2D eigenvalue weighted by Crippen LogP contribution is 2.39. The molecule has 0 unspecified atom stereocenters. The summed E-state index contributed by atoms with van der Waals surface area (Å²) < 4.78 is 13.1. The summed E-state index contributed by atoms with van der Waals surface area (Å²) in [6, 6.07) is 10.2. The van der Waals surface area contributed by atoms with Crippen LogP contribution in [0, 0.1) is 11.2 Å². The van der Waals surface area contributed by atoms with Crippen LogP contribution in [-0.4, -0.2) is 46.9 Å². The van der Waals surface area contributed by atoms with Crippen molar-refractivity contribution in [2.24, 2.45) is 5.41 Å². The van der Waals surface area contributed by atoms with Crippen molar-refractivity contribution in [2.75, 3.05) is 26.2 Å². The van der Waals surface area contributed by atoms with E-state index in [9.17, 15) is 9.18 Å². The first kappa shape index (κ1) is 19.1. The Hall–Kier alpha value is -2.27. The Labute approximate surface area is 166 Å². The van der Waals surface area contributed by atoms with Crippen LogP contribution in [0.25, 0.3) is 0 Å². The molecule has 5 heteroatoms. The first-order chi connectivity index (χ1) is 13.6. The zero-order valence-corrected chi connectivity index (χ0v) is 16.5. The van der Waals surface area contributed by atoms with Crippen LogP contribution in [0.15, 0.2) is 42.6 Å². The van der Waals surface area contributed by atoms with E-state index in [-0.39, 0.29) is 17.1 Å². The second-order valence-electron chi connectivity index (χ2n) is 8.31. The van der Waals surface area contributed by atoms with Gasteiger partial charge in [-0.15, -0.1) is 0 Å². The van der Waals surface area contributed by atoms with Crippen LogP contribution in [-0.2, 0) is 13.0 Å². The molecule has 2 saturated heterocycles. The van der Waals surface area contributed by atoms with Crippen LogP contribution in [0.1, 0.15) is 47.8 Å². The quantitative estimate of drug-likeness (QED) is 0.806. The third-order valence-corrected chi connectivity index (χ3v) is 6.24. The first-order valence-corrected chi connectivity index (χ1v) is 10.3. The van der Waals surface area contributed by atoms with Gasteiger partial charge >= 0.3 is 0 Å². The summed E-state index contributed by atoms with van der Waals surface area (Å²) in [4.78, 5) is 21.8. The van der Waals surface area contributed by atoms with Gasteiger partial charge in [0, 0.05) is 43.4 Å². The lowest BCUT2D eigenvalue weighted by Crippen LogP contribution is -2.45. The minimum atomic E-state index is -0.307. The fraction of sp³-hybridized carbons (Fsp3) is 0.478. The van der Waals surface area contributed by atoms with E-state index in [1.807, 2.05) is 11.1 Å². The summed E-state index contributed by atoms with van der Waals surface area (Å²) in [5.41, 5.74) is 3.14. The lowest BCUT2D eigenvalue weighted by molar-refractivity contribution is 0.0672. The fourth-order valence-corrected chi connectivity index (χ4v) is 4.65. The van der Waals surface area contributed by atoms with E-state index in [0.717, 1.165) is 57.7 Å². The smallest absolute Gasteiger partial charge is 0.253 e. The number of carbonyl (C=O) groups is 1. The minimum Gasteiger partial charge on any atom is -0.338 e. The fourth-order valence-electron chi connectivity index (χ4n) is 4.65. The van der Waals surface area contributed by atoms with Crippen molar-refractivity contribution >= 4 is 5.91 Å². The molecule has 0 radical (unpaired) electrons. The summed E-state index contributed by atoms with van der Waals surface area (Å²) in [7, 11) is 0. The van der Waals surface area contributed by atoms with Gasteiger partial charge in [-0.05, 0) is 68.1 Å². The molecule has 0 saturated carbocycles. The number of hydrogen-bond donors (Lipinski definition) is 0. The van der Waals surface area contributed by atoms with E-state index in [0.29, 0.717) is 5.56 Å². The average Bonchev–Trinajstić information content (AvgIpc) is 3.12. The average molecular weight is 381 g/mol. The molecule has 1 amide bonds. The molecule has 2 aliphatic heterocycles. The van der Waals surface area contributed by atoms with Gasteiger partial charge in [-0.3, -0.25) is 14.7 Å². The van der Waals surface area contributed by atoms with E-state index in [2.05, 4.69) is 28.9 Å². The van der Waals surface area contributed by atoms with Crippen molar-refractivity contribution in [3.05, 3.63) is 65.2 Å². The second kappa shape index (κ2) is 8.00. The number of carbonyl (C=O) groups excluding carboxylic acids is 1. The summed E-state index contributed by atoms with van der Waals surface area (Å²) in [6.45, 7) is 6.69. The molecule has 4 rings (SSSR count). The molecule has 4 nitrogen and oxygen atoms in total. The standard InChI is InChI=1S/C23H28FN3O/c1-2-18-4-9-21(25-14-18)15-26-12-3-10-23(16-26)11-13-27(17-23)22(28)19-5-7-20(24)8-6-19/h4-9,14H,2-3,10-13,15-17H2,1H3/t23-/m1/s1. The maximum Gasteiger partial charge on any atom is 0.253 e. The van der Waals surface area contributed by atoms with Gasteiger partial charge in [0.05, 0.1) is 5.69 Å². The highest BCUT2D eigenvalue weighted by Gasteiger charge is 2.42. The van der Waals surface area contributed by atoms with Crippen molar-refractivity contribution in [2.45, 2.75) is 39.2 Å². The van der Waals surface area contributed by atoms with Crippen molar-refractivity contribution < 1.29 is 9.18 Å². The number of halogens is 1. The van der Waals surface area contributed by atoms with Crippen LogP contribution in [0.3, 0.4) is 0 Å². The molecule has 0 N–H and O–H groups in total. The maximum atomic E-state index is 13.1. The van der Waals surface area contributed by atoms with Gasteiger partial charge in [0.1, 0.15) is 5.82 Å². The second-order valence-corrected chi connectivity index (χ2v) is 8.31. The third-order valence-electron chi connectivity index (χ3n) is 6.24. The van der Waals surface area contributed by atoms with Gasteiger partial charge in [-0.1, -0.05) is 13.0 Å². The molecule has 2 aromatic rings. The van der Waals surface area contributed by atoms with E-state index >= 15 is 0 Å². The van der Waals surface area contributed by atoms with Gasteiger partial charge in [-0.25, -0.2) is 4.39 Å². The van der Waals surface area contributed by atoms with Crippen molar-refractivity contribution in [3.63, 3.8) is 0 Å². The molecule has 2 aliphatic rings. The number of pyridine rings is 1. The lowest BCUT2D eigenvalue weighted by Gasteiger charge is -2.40. The monoisotopic (exact) mass is 381 g/mol. The number of rotatable bonds is 4. The lowest BCUT2D eigenvalue weighted by atomic mass is 9.79. The number of nitrogens with zero attached hydrogens (tertiary/aromatic N) is 3. The topological polar surface area (TPSA) is 36.4 Å². The zero-order valence-electron chi connectivity index (χ0n) is 16.5. The Balaban J connectivity index is 1.39. The van der Waals surface area contributed by atoms with Crippen LogP contribution in [0.4, 0.5) is 4.39 Å². The number of piperidine rings is 1. The van der Waals surface area contributed by atoms with Gasteiger partial charge in [0.15, 0.2) is 0 Å². The molecule has 1 aromatic heterocycles. The van der Waals surface area contributed by atoms with Crippen molar-refractivity contribution in [1.82, 2.24) is 14.8 Å². The molecule has 1 aromatic carbocycles. The molecule has 0 aliphatic carbocycles. The molecule has 3 heterocycles. The van der Waals surface area contributed by atoms with Gasteiger partial charge in [0.25, 0.3) is 5.91 Å². The first-order valence-electron chi connectivity index (χ1n) is 10.3. The summed E-state index contributed by atoms with van der Waals surface area (Å²) in [5, 5.41) is 0. The molecule has 148 valence electrons. The van der Waals surface area contributed by atoms with Gasteiger partial charge < -0.3 is 4.90 Å². The molecule has 0 bridgehead atoms. The summed E-state index contributed by atoms with van der Waals surface area (Å²) >= 11 is 0. The Bertz CT molecular complexity index is 821. The van der Waals surface area contributed by atoms with Crippen molar-refractivity contribution in [1.29, 1.82) is 0 Å². The summed E-state index contributed by atoms with van der Waals surface area (Å²) in [6.07, 6.45) is 6.36. The minimum absolute atomic E-state index is 0.0193. The SMILES string of the molecule is CCc1ccc(CN2CCC[C@@]3(CCN(C(=O)c4ccc(F)cc4)C3)C2)nc1. The van der Waals surface area contributed by atoms with E-state index < -0.39 is 0 Å². The van der Waals surface area contributed by atoms with E-state index in [1.165, 1.54) is 24.1 Å². The highest BCUT2D eigenvalue weighted by molar-refractivity contribution is 5.94. The maximum absolute atomic E-state index is 13.1. The van der Waals surface area contributed by atoms with E-state index in [4.69, 9.17) is 0 Å². The number of amides is 1. The summed E-state index contributed by atoms with van der Waals surface area (Å²) in [5.74, 6) is -0.288. The largest absolute Gasteiger partial charge is 0.338 e. The van der Waals surface area contributed by atoms with Crippen molar-refractivity contribution in [3.8, 4) is 0 Å². The Morgan fingerprint density at radius 2 is 1.93 bits per heavy atom. The molecule has 28 heavy (non-hydrogen) atoms. The van der Waals surface area contributed by atoms with Gasteiger partial charge in [-0.2, -0.15) is 0 Å². The number of aromatic nitrogens is 1. The molecule has 1 spiro atoms. The van der Waals surface area contributed by atoms with Gasteiger partial charge in [0.2, 0.25) is 0 Å². The molecular formula is C23H28FN3O. The third kappa shape index (κ3) is 4.09. The number of likely N-dealkylation sites (tertiary alicyclic amines) is 2. The Morgan fingerprint density at radius 3 is 2.64 bits per heavy atom. The molecule has 2 fully saturated rings. The van der Waals surface area contributed by atoms with Crippen LogP contribution >= 0.6 is 0 Å². The predicted octanol–water partition coefficient (Wildman–Crippen LogP) is 3.91. The van der Waals surface area contributed by atoms with Crippen LogP contribution < -0.4 is 0 Å². The zero-order chi connectivity index (χ0) is 19.6. The highest BCUT2D eigenvalue weighted by atomic mass is 19.1. The normalized spacial score (nSPS) is 22.7. The Morgan fingerprint density at radius 1 is 1.11 bits per heavy atom. The predicted molar refractivity (Wildman–Crippen MR) is 107 cm³/mol. The number of aryl methyl sites for hydroxylation is 1. The van der Waals surface area contributed by atoms with Crippen LogP contribution in [0.2, 0.25) is 0 Å². The molecular weight excluding hydrogens is 353 g/mol. The number of hydrogen-bond acceptors (Lipinski definition) is 3. The number of benzene rings is 1. The molecule has 1 atom stereocenters.